The van der Waals surface area contributed by atoms with Gasteiger partial charge in [0.15, 0.2) is 5.82 Å². The molecule has 0 aliphatic carbocycles. The highest BCUT2D eigenvalue weighted by Gasteiger charge is 2.18. The van der Waals surface area contributed by atoms with E-state index in [9.17, 15) is 0 Å². The Kier molecular flexibility index (Phi) is 5.41. The fourth-order valence-electron chi connectivity index (χ4n) is 2.90. The van der Waals surface area contributed by atoms with Gasteiger partial charge in [-0.1, -0.05) is 18.2 Å². The lowest BCUT2D eigenvalue weighted by Crippen LogP contribution is -2.25. The van der Waals surface area contributed by atoms with E-state index in [1.807, 2.05) is 31.1 Å². The summed E-state index contributed by atoms with van der Waals surface area (Å²) in [4.78, 5) is 17.0. The van der Waals surface area contributed by atoms with Crippen molar-refractivity contribution in [2.24, 2.45) is 0 Å². The molecule has 0 fully saturated rings. The monoisotopic (exact) mass is 366 g/mol. The van der Waals surface area contributed by atoms with E-state index in [0.29, 0.717) is 11.8 Å². The van der Waals surface area contributed by atoms with Gasteiger partial charge < -0.3 is 15.4 Å². The number of nitrogens with two attached hydrogens (primary N) is 1. The third-order valence-electron chi connectivity index (χ3n) is 4.64. The van der Waals surface area contributed by atoms with Crippen molar-refractivity contribution in [3.8, 4) is 5.75 Å². The molecule has 0 amide bonds. The molecule has 1 atom stereocenters. The van der Waals surface area contributed by atoms with E-state index >= 15 is 0 Å². The van der Waals surface area contributed by atoms with Crippen LogP contribution in [0.4, 0.5) is 11.9 Å². The van der Waals surface area contributed by atoms with Crippen LogP contribution in [0.2, 0.25) is 0 Å². The maximum atomic E-state index is 5.86. The van der Waals surface area contributed by atoms with Gasteiger partial charge in [0.1, 0.15) is 5.75 Å². The summed E-state index contributed by atoms with van der Waals surface area (Å²) in [6, 6.07) is 12.6. The number of fused-ring (bicyclic) bond motifs is 1. The summed E-state index contributed by atoms with van der Waals surface area (Å²) in [6.07, 6.45) is 0. The van der Waals surface area contributed by atoms with Gasteiger partial charge in [-0.05, 0) is 48.5 Å². The number of rotatable bonds is 6. The van der Waals surface area contributed by atoms with E-state index < -0.39 is 0 Å². The van der Waals surface area contributed by atoms with Crippen LogP contribution in [0.15, 0.2) is 36.4 Å². The summed E-state index contributed by atoms with van der Waals surface area (Å²) in [5, 5.41) is 2.35. The van der Waals surface area contributed by atoms with E-state index in [1.165, 1.54) is 10.9 Å². The zero-order chi connectivity index (χ0) is 19.6. The summed E-state index contributed by atoms with van der Waals surface area (Å²) in [7, 11) is 7.51. The van der Waals surface area contributed by atoms with Crippen molar-refractivity contribution < 1.29 is 4.74 Å². The van der Waals surface area contributed by atoms with Gasteiger partial charge in [0.25, 0.3) is 0 Å². The predicted molar refractivity (Wildman–Crippen MR) is 109 cm³/mol. The van der Waals surface area contributed by atoms with Gasteiger partial charge >= 0.3 is 0 Å². The van der Waals surface area contributed by atoms with Crippen molar-refractivity contribution in [1.29, 1.82) is 0 Å². The Morgan fingerprint density at radius 2 is 1.70 bits per heavy atom. The van der Waals surface area contributed by atoms with Crippen molar-refractivity contribution in [3.05, 3.63) is 47.8 Å². The fourth-order valence-corrected chi connectivity index (χ4v) is 2.90. The van der Waals surface area contributed by atoms with E-state index in [1.54, 1.807) is 7.11 Å². The van der Waals surface area contributed by atoms with Crippen LogP contribution in [0.25, 0.3) is 10.8 Å². The van der Waals surface area contributed by atoms with Crippen LogP contribution in [0, 0.1) is 0 Å². The second-order valence-corrected chi connectivity index (χ2v) is 6.88. The number of hydrogen-bond acceptors (Lipinski definition) is 7. The van der Waals surface area contributed by atoms with Gasteiger partial charge in [0, 0.05) is 20.6 Å². The number of aromatic nitrogens is 3. The summed E-state index contributed by atoms with van der Waals surface area (Å²) < 4.78 is 5.29. The number of ether oxygens (including phenoxy) is 1. The summed E-state index contributed by atoms with van der Waals surface area (Å²) in [5.74, 6) is 2.34. The van der Waals surface area contributed by atoms with Crippen LogP contribution in [-0.4, -0.2) is 48.1 Å². The van der Waals surface area contributed by atoms with Crippen molar-refractivity contribution >= 4 is 22.7 Å². The van der Waals surface area contributed by atoms with Crippen molar-refractivity contribution in [2.75, 3.05) is 38.9 Å². The molecule has 3 rings (SSSR count). The largest absolute Gasteiger partial charge is 0.497 e. The minimum atomic E-state index is 0.000523. The average molecular weight is 366 g/mol. The van der Waals surface area contributed by atoms with Gasteiger partial charge in [-0.15, -0.1) is 0 Å². The summed E-state index contributed by atoms with van der Waals surface area (Å²) in [6.45, 7) is 2.84. The SMILES string of the molecule is COc1ccc2cc(CN(C)[C@@H](C)c3nc(N)nc(N(C)C)n3)ccc2c1. The van der Waals surface area contributed by atoms with Crippen molar-refractivity contribution in [1.82, 2.24) is 19.9 Å². The first-order valence-corrected chi connectivity index (χ1v) is 8.83. The van der Waals surface area contributed by atoms with Crippen molar-refractivity contribution in [2.45, 2.75) is 19.5 Å². The maximum absolute atomic E-state index is 5.86. The molecule has 0 bridgehead atoms. The quantitative estimate of drug-likeness (QED) is 0.718. The smallest absolute Gasteiger partial charge is 0.229 e. The first-order valence-electron chi connectivity index (χ1n) is 8.83. The minimum Gasteiger partial charge on any atom is -0.497 e. The summed E-state index contributed by atoms with van der Waals surface area (Å²) in [5.41, 5.74) is 7.08. The van der Waals surface area contributed by atoms with Gasteiger partial charge in [-0.3, -0.25) is 4.90 Å². The molecule has 0 radical (unpaired) electrons. The van der Waals surface area contributed by atoms with Crippen LogP contribution in [0.3, 0.4) is 0 Å². The molecule has 0 saturated heterocycles. The highest BCUT2D eigenvalue weighted by molar-refractivity contribution is 5.84. The molecule has 2 N–H and O–H groups in total. The Hall–Kier alpha value is -2.93. The van der Waals surface area contributed by atoms with Crippen LogP contribution >= 0.6 is 0 Å². The normalized spacial score (nSPS) is 12.4. The molecule has 142 valence electrons. The predicted octanol–water partition coefficient (Wildman–Crippen LogP) is 2.87. The first-order chi connectivity index (χ1) is 12.9. The number of nitrogen functional groups attached to an aromatic ring is 1. The molecule has 0 unspecified atom stereocenters. The topological polar surface area (TPSA) is 80.4 Å². The molecule has 1 heterocycles. The number of nitrogens with zero attached hydrogens (tertiary/aromatic N) is 5. The molecule has 7 heteroatoms. The van der Waals surface area contributed by atoms with E-state index in [0.717, 1.165) is 17.7 Å². The zero-order valence-corrected chi connectivity index (χ0v) is 16.5. The molecule has 7 nitrogen and oxygen atoms in total. The second-order valence-electron chi connectivity index (χ2n) is 6.88. The molecule has 2 aromatic carbocycles. The van der Waals surface area contributed by atoms with E-state index in [4.69, 9.17) is 10.5 Å². The Morgan fingerprint density at radius 3 is 2.41 bits per heavy atom. The second kappa shape index (κ2) is 7.75. The van der Waals surface area contributed by atoms with Gasteiger partial charge in [0.05, 0.1) is 13.2 Å². The Bertz CT molecular complexity index is 943. The lowest BCUT2D eigenvalue weighted by molar-refractivity contribution is 0.244. The Labute approximate surface area is 159 Å². The third kappa shape index (κ3) is 4.25. The highest BCUT2D eigenvalue weighted by Crippen LogP contribution is 2.24. The van der Waals surface area contributed by atoms with Gasteiger partial charge in [0.2, 0.25) is 11.9 Å². The van der Waals surface area contributed by atoms with Crippen LogP contribution < -0.4 is 15.4 Å². The number of anilines is 2. The maximum Gasteiger partial charge on any atom is 0.229 e. The fraction of sp³-hybridized carbons (Fsp3) is 0.350. The molecule has 27 heavy (non-hydrogen) atoms. The first kappa shape index (κ1) is 18.8. The van der Waals surface area contributed by atoms with Crippen LogP contribution in [0.5, 0.6) is 5.75 Å². The van der Waals surface area contributed by atoms with E-state index in [-0.39, 0.29) is 12.0 Å². The van der Waals surface area contributed by atoms with Crippen LogP contribution in [-0.2, 0) is 6.54 Å². The van der Waals surface area contributed by atoms with Crippen LogP contribution in [0.1, 0.15) is 24.4 Å². The number of benzene rings is 2. The van der Waals surface area contributed by atoms with Crippen molar-refractivity contribution in [3.63, 3.8) is 0 Å². The zero-order valence-electron chi connectivity index (χ0n) is 16.5. The summed E-state index contributed by atoms with van der Waals surface area (Å²) >= 11 is 0. The molecular formula is C20H26N6O. The molecule has 1 aromatic heterocycles. The van der Waals surface area contributed by atoms with Gasteiger partial charge in [-0.2, -0.15) is 15.0 Å². The molecular weight excluding hydrogens is 340 g/mol. The highest BCUT2D eigenvalue weighted by atomic mass is 16.5. The third-order valence-corrected chi connectivity index (χ3v) is 4.64. The lowest BCUT2D eigenvalue weighted by Gasteiger charge is -2.24. The molecule has 0 spiro atoms. The minimum absolute atomic E-state index is 0.000523. The molecule has 0 aliphatic rings. The van der Waals surface area contributed by atoms with E-state index in [2.05, 4.69) is 58.1 Å². The average Bonchev–Trinajstić information content (AvgIpc) is 2.66. The molecule has 3 aromatic rings. The Morgan fingerprint density at radius 1 is 1.00 bits per heavy atom. The molecule has 0 saturated carbocycles. The standard InChI is InChI=1S/C20H26N6O/c1-13(18-22-19(21)24-20(23-18)25(2)3)26(4)12-14-6-7-16-11-17(27-5)9-8-15(16)10-14/h6-11,13H,12H2,1-5H3,(H2,21,22,23,24)/t13-/m0/s1. The van der Waals surface area contributed by atoms with Gasteiger partial charge in [-0.25, -0.2) is 0 Å². The Balaban J connectivity index is 1.80. The lowest BCUT2D eigenvalue weighted by atomic mass is 10.1. The number of hydrogen-bond donors (Lipinski definition) is 1. The number of methoxy groups -OCH3 is 1. The molecule has 0 aliphatic heterocycles.